The van der Waals surface area contributed by atoms with Crippen LogP contribution in [0.1, 0.15) is 25.5 Å². The Morgan fingerprint density at radius 1 is 1.45 bits per heavy atom. The summed E-state index contributed by atoms with van der Waals surface area (Å²) in [6.07, 6.45) is 0. The minimum absolute atomic E-state index is 0.0292. The molecule has 1 amide bonds. The van der Waals surface area contributed by atoms with Crippen LogP contribution in [0.15, 0.2) is 30.3 Å². The van der Waals surface area contributed by atoms with Crippen molar-refractivity contribution >= 4 is 17.7 Å². The largest absolute Gasteiger partial charge is 0.333 e. The van der Waals surface area contributed by atoms with Gasteiger partial charge in [0.15, 0.2) is 0 Å². The molecule has 1 heterocycles. The Morgan fingerprint density at radius 2 is 2.15 bits per heavy atom. The van der Waals surface area contributed by atoms with Crippen molar-refractivity contribution in [1.29, 1.82) is 0 Å². The topological polar surface area (TPSA) is 32.3 Å². The highest BCUT2D eigenvalue weighted by Crippen LogP contribution is 2.36. The normalized spacial score (nSPS) is 24.4. The van der Waals surface area contributed by atoms with Gasteiger partial charge in [-0.25, -0.2) is 0 Å². The Labute approximate surface area is 126 Å². The van der Waals surface area contributed by atoms with E-state index in [1.165, 1.54) is 5.56 Å². The first-order valence-corrected chi connectivity index (χ1v) is 8.31. The van der Waals surface area contributed by atoms with Crippen LogP contribution in [0.4, 0.5) is 0 Å². The van der Waals surface area contributed by atoms with Gasteiger partial charge in [0.05, 0.1) is 6.04 Å². The Kier molecular flexibility index (Phi) is 5.49. The van der Waals surface area contributed by atoms with E-state index in [2.05, 4.69) is 41.4 Å². The summed E-state index contributed by atoms with van der Waals surface area (Å²) in [7, 11) is 1.90. The smallest absolute Gasteiger partial charge is 0.227 e. The van der Waals surface area contributed by atoms with Crippen molar-refractivity contribution in [2.75, 3.05) is 25.9 Å². The van der Waals surface area contributed by atoms with Crippen LogP contribution < -0.4 is 5.32 Å². The molecule has 0 radical (unpaired) electrons. The van der Waals surface area contributed by atoms with Gasteiger partial charge in [-0.2, -0.15) is 11.8 Å². The lowest BCUT2D eigenvalue weighted by Crippen LogP contribution is -2.47. The fourth-order valence-corrected chi connectivity index (χ4v) is 4.01. The molecule has 1 aromatic rings. The molecule has 1 aromatic carbocycles. The molecular formula is C16H24N2OS. The maximum atomic E-state index is 12.7. The minimum Gasteiger partial charge on any atom is -0.333 e. The second-order valence-electron chi connectivity index (χ2n) is 5.42. The zero-order valence-corrected chi connectivity index (χ0v) is 13.3. The molecule has 1 aliphatic heterocycles. The number of thioether (sulfide) groups is 1. The molecule has 3 unspecified atom stereocenters. The molecule has 110 valence electrons. The predicted molar refractivity (Wildman–Crippen MR) is 85.9 cm³/mol. The second kappa shape index (κ2) is 7.14. The molecule has 20 heavy (non-hydrogen) atoms. The second-order valence-corrected chi connectivity index (χ2v) is 6.91. The lowest BCUT2D eigenvalue weighted by Gasteiger charge is -2.41. The summed E-state index contributed by atoms with van der Waals surface area (Å²) in [5.41, 5.74) is 1.25. The molecular weight excluding hydrogens is 268 g/mol. The fraction of sp³-hybridized carbons (Fsp3) is 0.562. The summed E-state index contributed by atoms with van der Waals surface area (Å²) < 4.78 is 0. The van der Waals surface area contributed by atoms with E-state index in [1.54, 1.807) is 0 Å². The standard InChI is InChI=1S/C16H24N2OS/c1-12(11-17-3)16(19)18-9-10-20-13(2)15(18)14-7-5-4-6-8-14/h4-8,12-13,15,17H,9-11H2,1-3H3. The van der Waals surface area contributed by atoms with E-state index in [0.29, 0.717) is 5.25 Å². The van der Waals surface area contributed by atoms with Gasteiger partial charge in [-0.3, -0.25) is 4.79 Å². The maximum Gasteiger partial charge on any atom is 0.227 e. The van der Waals surface area contributed by atoms with Gasteiger partial charge in [0.25, 0.3) is 0 Å². The van der Waals surface area contributed by atoms with Gasteiger partial charge >= 0.3 is 0 Å². The Bertz CT molecular complexity index is 437. The summed E-state index contributed by atoms with van der Waals surface area (Å²) in [6.45, 7) is 5.82. The van der Waals surface area contributed by atoms with Gasteiger partial charge in [-0.1, -0.05) is 44.2 Å². The highest BCUT2D eigenvalue weighted by Gasteiger charge is 2.34. The van der Waals surface area contributed by atoms with E-state index < -0.39 is 0 Å². The van der Waals surface area contributed by atoms with Crippen molar-refractivity contribution in [3.8, 4) is 0 Å². The molecule has 1 aliphatic rings. The molecule has 3 nitrogen and oxygen atoms in total. The van der Waals surface area contributed by atoms with Crippen LogP contribution in [0.5, 0.6) is 0 Å². The monoisotopic (exact) mass is 292 g/mol. The molecule has 0 aliphatic carbocycles. The van der Waals surface area contributed by atoms with Crippen molar-refractivity contribution in [3.63, 3.8) is 0 Å². The van der Waals surface area contributed by atoms with Gasteiger partial charge in [-0.05, 0) is 12.6 Å². The number of carbonyl (C=O) groups excluding carboxylic acids is 1. The Hall–Kier alpha value is -1.00. The van der Waals surface area contributed by atoms with Crippen molar-refractivity contribution in [1.82, 2.24) is 10.2 Å². The Balaban J connectivity index is 2.22. The number of hydrogen-bond donors (Lipinski definition) is 1. The van der Waals surface area contributed by atoms with Crippen LogP contribution in [-0.4, -0.2) is 41.9 Å². The van der Waals surface area contributed by atoms with Crippen molar-refractivity contribution < 1.29 is 4.79 Å². The number of benzene rings is 1. The first kappa shape index (κ1) is 15.4. The lowest BCUT2D eigenvalue weighted by atomic mass is 10.00. The maximum absolute atomic E-state index is 12.7. The molecule has 4 heteroatoms. The minimum atomic E-state index is 0.0292. The van der Waals surface area contributed by atoms with E-state index in [0.717, 1.165) is 18.8 Å². The van der Waals surface area contributed by atoms with Crippen molar-refractivity contribution in [3.05, 3.63) is 35.9 Å². The molecule has 0 spiro atoms. The number of amides is 1. The van der Waals surface area contributed by atoms with Crippen LogP contribution in [0.3, 0.4) is 0 Å². The third kappa shape index (κ3) is 3.36. The molecule has 1 fully saturated rings. The molecule has 3 atom stereocenters. The lowest BCUT2D eigenvalue weighted by molar-refractivity contribution is -0.137. The molecule has 0 saturated carbocycles. The Morgan fingerprint density at radius 3 is 2.80 bits per heavy atom. The molecule has 0 aromatic heterocycles. The van der Waals surface area contributed by atoms with Gasteiger partial charge in [0.2, 0.25) is 5.91 Å². The summed E-state index contributed by atoms with van der Waals surface area (Å²) in [6, 6.07) is 10.6. The van der Waals surface area contributed by atoms with Crippen LogP contribution in [0.25, 0.3) is 0 Å². The first-order chi connectivity index (χ1) is 9.65. The van der Waals surface area contributed by atoms with E-state index in [9.17, 15) is 4.79 Å². The fourth-order valence-electron chi connectivity index (χ4n) is 2.85. The molecule has 0 bridgehead atoms. The summed E-state index contributed by atoms with van der Waals surface area (Å²) in [5, 5.41) is 3.54. The number of hydrogen-bond acceptors (Lipinski definition) is 3. The average Bonchev–Trinajstić information content (AvgIpc) is 2.47. The molecule has 1 saturated heterocycles. The van der Waals surface area contributed by atoms with E-state index >= 15 is 0 Å². The highest BCUT2D eigenvalue weighted by molar-refractivity contribution is 8.00. The van der Waals surface area contributed by atoms with Crippen molar-refractivity contribution in [2.24, 2.45) is 5.92 Å². The number of nitrogens with zero attached hydrogens (tertiary/aromatic N) is 1. The highest BCUT2D eigenvalue weighted by atomic mass is 32.2. The van der Waals surface area contributed by atoms with Crippen molar-refractivity contribution in [2.45, 2.75) is 25.1 Å². The summed E-state index contributed by atoms with van der Waals surface area (Å²) in [4.78, 5) is 14.8. The average molecular weight is 292 g/mol. The van der Waals surface area contributed by atoms with E-state index in [1.807, 2.05) is 31.8 Å². The van der Waals surface area contributed by atoms with Crippen LogP contribution in [-0.2, 0) is 4.79 Å². The quantitative estimate of drug-likeness (QED) is 0.925. The van der Waals surface area contributed by atoms with E-state index in [4.69, 9.17) is 0 Å². The number of rotatable bonds is 4. The summed E-state index contributed by atoms with van der Waals surface area (Å²) >= 11 is 1.96. The first-order valence-electron chi connectivity index (χ1n) is 7.26. The van der Waals surface area contributed by atoms with Gasteiger partial charge in [0, 0.05) is 30.0 Å². The molecule has 2 rings (SSSR count). The SMILES string of the molecule is CNCC(C)C(=O)N1CCSC(C)C1c1ccccc1. The number of nitrogens with one attached hydrogen (secondary N) is 1. The number of carbonyl (C=O) groups is 1. The third-order valence-corrected chi connectivity index (χ3v) is 5.05. The third-order valence-electron chi connectivity index (χ3n) is 3.85. The van der Waals surface area contributed by atoms with Crippen LogP contribution in [0.2, 0.25) is 0 Å². The zero-order chi connectivity index (χ0) is 14.5. The van der Waals surface area contributed by atoms with Gasteiger partial charge in [-0.15, -0.1) is 0 Å². The van der Waals surface area contributed by atoms with Crippen LogP contribution in [0, 0.1) is 5.92 Å². The van der Waals surface area contributed by atoms with E-state index in [-0.39, 0.29) is 17.9 Å². The molecule has 1 N–H and O–H groups in total. The zero-order valence-electron chi connectivity index (χ0n) is 12.5. The summed E-state index contributed by atoms with van der Waals surface area (Å²) in [5.74, 6) is 1.32. The van der Waals surface area contributed by atoms with Crippen LogP contribution >= 0.6 is 11.8 Å². The predicted octanol–water partition coefficient (Wildman–Crippen LogP) is 2.55. The van der Waals surface area contributed by atoms with Gasteiger partial charge in [0.1, 0.15) is 0 Å². The van der Waals surface area contributed by atoms with Gasteiger partial charge < -0.3 is 10.2 Å².